The van der Waals surface area contributed by atoms with Crippen LogP contribution in [-0.4, -0.2) is 20.6 Å². The number of hydrogen-bond donors (Lipinski definition) is 1. The Labute approximate surface area is 163 Å². The first-order chi connectivity index (χ1) is 13.8. The lowest BCUT2D eigenvalue weighted by Gasteiger charge is -2.31. The lowest BCUT2D eigenvalue weighted by Crippen LogP contribution is -2.44. The number of aryl methyl sites for hydroxylation is 1. The van der Waals surface area contributed by atoms with Crippen molar-refractivity contribution in [2.75, 3.05) is 0 Å². The molecule has 1 aromatic carbocycles. The molecule has 29 heavy (non-hydrogen) atoms. The molecule has 1 atom stereocenters. The number of esters is 1. The molecule has 0 saturated carbocycles. The van der Waals surface area contributed by atoms with Gasteiger partial charge in [-0.1, -0.05) is 6.92 Å². The van der Waals surface area contributed by atoms with Crippen LogP contribution in [0.15, 0.2) is 23.0 Å². The first-order valence-electron chi connectivity index (χ1n) is 9.21. The monoisotopic (exact) mass is 398 g/mol. The Hall–Kier alpha value is -3.13. The van der Waals surface area contributed by atoms with Crippen molar-refractivity contribution in [3.05, 3.63) is 62.4 Å². The number of carbonyl (C=O) groups is 1. The van der Waals surface area contributed by atoms with Gasteiger partial charge in [-0.25, -0.2) is 18.6 Å². The quantitative estimate of drug-likeness (QED) is 0.499. The van der Waals surface area contributed by atoms with Gasteiger partial charge in [0.1, 0.15) is 6.61 Å². The molecule has 0 spiro atoms. The molecule has 0 saturated heterocycles. The predicted molar refractivity (Wildman–Crippen MR) is 99.2 cm³/mol. The van der Waals surface area contributed by atoms with Gasteiger partial charge in [0.15, 0.2) is 17.2 Å². The summed E-state index contributed by atoms with van der Waals surface area (Å²) < 4.78 is 34.0. The van der Waals surface area contributed by atoms with Crippen LogP contribution in [0.25, 0.3) is 22.3 Å². The topological polar surface area (TPSA) is 81.4 Å². The highest BCUT2D eigenvalue weighted by molar-refractivity contribution is 5.89. The number of hydrogen-bond acceptors (Lipinski definition) is 5. The maximum atomic E-state index is 13.8. The summed E-state index contributed by atoms with van der Waals surface area (Å²) in [6, 6.07) is 3.72. The Bertz CT molecular complexity index is 1310. The molecule has 0 unspecified atom stereocenters. The number of aliphatic hydroxyl groups is 1. The number of fused-ring (bicyclic) bond motifs is 5. The zero-order chi connectivity index (χ0) is 20.7. The number of cyclic esters (lactones) is 1. The fourth-order valence-electron chi connectivity index (χ4n) is 4.27. The summed E-state index contributed by atoms with van der Waals surface area (Å²) in [6.07, 6.45) is 0.0449. The third-order valence-corrected chi connectivity index (χ3v) is 6.02. The molecular formula is C21H16F2N2O4. The summed E-state index contributed by atoms with van der Waals surface area (Å²) in [5.74, 6) is -2.77. The molecule has 0 aliphatic carbocycles. The number of nitrogens with zero attached hydrogens (tertiary/aromatic N) is 2. The average molecular weight is 398 g/mol. The minimum absolute atomic E-state index is 0.0449. The fourth-order valence-corrected chi connectivity index (χ4v) is 4.27. The number of pyridine rings is 2. The Balaban J connectivity index is 1.83. The minimum atomic E-state index is -1.91. The lowest BCUT2D eigenvalue weighted by atomic mass is 9.86. The van der Waals surface area contributed by atoms with E-state index >= 15 is 0 Å². The van der Waals surface area contributed by atoms with Gasteiger partial charge in [0.05, 0.1) is 29.0 Å². The van der Waals surface area contributed by atoms with E-state index in [2.05, 4.69) is 4.98 Å². The van der Waals surface area contributed by atoms with Crippen molar-refractivity contribution in [1.29, 1.82) is 0 Å². The van der Waals surface area contributed by atoms with Gasteiger partial charge in [-0.15, -0.1) is 0 Å². The van der Waals surface area contributed by atoms with Crippen molar-refractivity contribution < 1.29 is 23.4 Å². The molecule has 0 fully saturated rings. The molecule has 0 bridgehead atoms. The maximum absolute atomic E-state index is 13.8. The van der Waals surface area contributed by atoms with E-state index in [4.69, 9.17) is 4.74 Å². The van der Waals surface area contributed by atoms with E-state index in [1.54, 1.807) is 19.9 Å². The SMILES string of the molecule is CC[C@@]1(O)C(=O)OCc2c1cc1n(c2=O)Cc2c-1nc1cc(F)c(F)cc1c2C. The van der Waals surface area contributed by atoms with Crippen molar-refractivity contribution in [3.63, 3.8) is 0 Å². The Morgan fingerprint density at radius 2 is 1.93 bits per heavy atom. The maximum Gasteiger partial charge on any atom is 0.343 e. The molecule has 3 aromatic rings. The number of ether oxygens (including phenoxy) is 1. The Morgan fingerprint density at radius 3 is 2.66 bits per heavy atom. The van der Waals surface area contributed by atoms with Gasteiger partial charge in [0.25, 0.3) is 5.56 Å². The van der Waals surface area contributed by atoms with Gasteiger partial charge in [-0.3, -0.25) is 4.79 Å². The van der Waals surface area contributed by atoms with Crippen LogP contribution in [0.3, 0.4) is 0 Å². The van der Waals surface area contributed by atoms with E-state index in [1.165, 1.54) is 4.57 Å². The summed E-state index contributed by atoms with van der Waals surface area (Å²) in [5.41, 5.74) is 0.720. The van der Waals surface area contributed by atoms with Gasteiger partial charge in [-0.2, -0.15) is 0 Å². The molecule has 2 aliphatic heterocycles. The number of carbonyl (C=O) groups excluding carboxylic acids is 1. The average Bonchev–Trinajstić information content (AvgIpc) is 3.06. The van der Waals surface area contributed by atoms with Crippen LogP contribution in [0.2, 0.25) is 0 Å². The largest absolute Gasteiger partial charge is 0.458 e. The van der Waals surface area contributed by atoms with Crippen LogP contribution in [-0.2, 0) is 28.3 Å². The highest BCUT2D eigenvalue weighted by Crippen LogP contribution is 2.40. The van der Waals surface area contributed by atoms with Crippen molar-refractivity contribution in [2.24, 2.45) is 0 Å². The van der Waals surface area contributed by atoms with E-state index < -0.39 is 23.2 Å². The van der Waals surface area contributed by atoms with Crippen LogP contribution < -0.4 is 5.56 Å². The van der Waals surface area contributed by atoms with Gasteiger partial charge in [-0.05, 0) is 31.0 Å². The number of aromatic nitrogens is 2. The molecule has 0 amide bonds. The molecule has 2 aliphatic rings. The molecular weight excluding hydrogens is 382 g/mol. The van der Waals surface area contributed by atoms with E-state index in [-0.39, 0.29) is 41.8 Å². The molecule has 148 valence electrons. The molecule has 4 heterocycles. The van der Waals surface area contributed by atoms with Gasteiger partial charge in [0, 0.05) is 22.6 Å². The second kappa shape index (κ2) is 5.70. The first-order valence-corrected chi connectivity index (χ1v) is 9.21. The smallest absolute Gasteiger partial charge is 0.343 e. The molecule has 5 rings (SSSR count). The van der Waals surface area contributed by atoms with Gasteiger partial charge < -0.3 is 14.4 Å². The number of benzene rings is 1. The molecule has 2 aromatic heterocycles. The summed E-state index contributed by atoms with van der Waals surface area (Å²) in [5, 5.41) is 11.3. The van der Waals surface area contributed by atoms with Gasteiger partial charge in [0.2, 0.25) is 0 Å². The van der Waals surface area contributed by atoms with E-state index in [9.17, 15) is 23.5 Å². The zero-order valence-corrected chi connectivity index (χ0v) is 15.7. The van der Waals surface area contributed by atoms with Crippen molar-refractivity contribution >= 4 is 16.9 Å². The Morgan fingerprint density at radius 1 is 1.21 bits per heavy atom. The lowest BCUT2D eigenvalue weighted by molar-refractivity contribution is -0.172. The standard InChI is InChI=1S/C21H16F2N2O4/c1-3-21(28)13-5-17-18-11(7-25(17)19(26)12(13)8-29-20(21)27)9(2)10-4-14(22)15(23)6-16(10)24-18/h4-6,28H,3,7-8H2,1-2H3/t21-/m0/s1. The number of halogens is 2. The minimum Gasteiger partial charge on any atom is -0.458 e. The van der Waals surface area contributed by atoms with Crippen molar-refractivity contribution in [3.8, 4) is 11.4 Å². The Kier molecular flexibility index (Phi) is 3.52. The van der Waals surface area contributed by atoms with Crippen molar-refractivity contribution in [1.82, 2.24) is 9.55 Å². The molecule has 0 radical (unpaired) electrons. The first kappa shape index (κ1) is 17.9. The van der Waals surface area contributed by atoms with Crippen LogP contribution in [0.4, 0.5) is 8.78 Å². The molecule has 8 heteroatoms. The fraction of sp³-hybridized carbons (Fsp3) is 0.286. The van der Waals surface area contributed by atoms with Crippen molar-refractivity contribution in [2.45, 2.75) is 39.0 Å². The highest BCUT2D eigenvalue weighted by atomic mass is 19.2. The van der Waals surface area contributed by atoms with Crippen LogP contribution in [0.1, 0.15) is 35.6 Å². The van der Waals surface area contributed by atoms with E-state index in [1.807, 2.05) is 0 Å². The molecule has 6 nitrogen and oxygen atoms in total. The van der Waals surface area contributed by atoms with Crippen LogP contribution in [0, 0.1) is 18.6 Å². The summed E-state index contributed by atoms with van der Waals surface area (Å²) in [7, 11) is 0. The number of rotatable bonds is 1. The normalized spacial score (nSPS) is 19.7. The summed E-state index contributed by atoms with van der Waals surface area (Å²) in [4.78, 5) is 29.8. The van der Waals surface area contributed by atoms with Crippen LogP contribution >= 0.6 is 0 Å². The van der Waals surface area contributed by atoms with E-state index in [0.29, 0.717) is 22.3 Å². The molecule has 1 N–H and O–H groups in total. The van der Waals surface area contributed by atoms with Gasteiger partial charge >= 0.3 is 5.97 Å². The second-order valence-electron chi connectivity index (χ2n) is 7.45. The third-order valence-electron chi connectivity index (χ3n) is 6.02. The highest BCUT2D eigenvalue weighted by Gasteiger charge is 2.45. The summed E-state index contributed by atoms with van der Waals surface area (Å²) >= 11 is 0. The summed E-state index contributed by atoms with van der Waals surface area (Å²) in [6.45, 7) is 3.40. The van der Waals surface area contributed by atoms with Crippen LogP contribution in [0.5, 0.6) is 0 Å². The zero-order valence-electron chi connectivity index (χ0n) is 15.7. The third kappa shape index (κ3) is 2.20. The van der Waals surface area contributed by atoms with E-state index in [0.717, 1.165) is 17.7 Å². The predicted octanol–water partition coefficient (Wildman–Crippen LogP) is 2.67. The second-order valence-corrected chi connectivity index (χ2v) is 7.45.